The lowest BCUT2D eigenvalue weighted by Gasteiger charge is -2.09. The predicted octanol–water partition coefficient (Wildman–Crippen LogP) is 6.69. The summed E-state index contributed by atoms with van der Waals surface area (Å²) in [5, 5.41) is 4.46. The van der Waals surface area contributed by atoms with Crippen LogP contribution in [0.5, 0.6) is 0 Å². The molecular formula is C30H19ClN4O2. The van der Waals surface area contributed by atoms with Crippen molar-refractivity contribution in [2.24, 2.45) is 0 Å². The molecule has 0 aliphatic rings. The van der Waals surface area contributed by atoms with Crippen LogP contribution in [0.4, 0.5) is 5.69 Å². The average molecular weight is 503 g/mol. The van der Waals surface area contributed by atoms with Gasteiger partial charge >= 0.3 is 0 Å². The highest BCUT2D eigenvalue weighted by atomic mass is 35.5. The monoisotopic (exact) mass is 502 g/mol. The molecule has 7 heteroatoms. The Morgan fingerprint density at radius 2 is 1.59 bits per heavy atom. The van der Waals surface area contributed by atoms with Crippen LogP contribution in [0.15, 0.2) is 110 Å². The van der Waals surface area contributed by atoms with Gasteiger partial charge in [0.05, 0.1) is 28.0 Å². The quantitative estimate of drug-likeness (QED) is 0.266. The highest BCUT2D eigenvalue weighted by Crippen LogP contribution is 2.28. The average Bonchev–Trinajstić information content (AvgIpc) is 3.33. The number of halogens is 1. The Hall–Kier alpha value is -4.81. The Morgan fingerprint density at radius 1 is 0.811 bits per heavy atom. The molecule has 6 nitrogen and oxygen atoms in total. The zero-order valence-corrected chi connectivity index (χ0v) is 20.2. The summed E-state index contributed by atoms with van der Waals surface area (Å²) in [4.78, 5) is 35.6. The van der Waals surface area contributed by atoms with Gasteiger partial charge < -0.3 is 9.72 Å². The number of para-hydroxylation sites is 1. The van der Waals surface area contributed by atoms with Crippen molar-refractivity contribution in [1.82, 2.24) is 14.4 Å². The van der Waals surface area contributed by atoms with Gasteiger partial charge in [0.2, 0.25) is 5.78 Å². The minimum absolute atomic E-state index is 0.214. The number of carbonyl (C=O) groups is 2. The van der Waals surface area contributed by atoms with Crippen LogP contribution in [0.25, 0.3) is 27.5 Å². The molecular weight excluding hydrogens is 484 g/mol. The van der Waals surface area contributed by atoms with Crippen LogP contribution in [-0.4, -0.2) is 26.1 Å². The molecule has 4 heterocycles. The van der Waals surface area contributed by atoms with Crippen LogP contribution in [0, 0.1) is 0 Å². The molecule has 0 atom stereocenters. The van der Waals surface area contributed by atoms with Gasteiger partial charge in [0.15, 0.2) is 0 Å². The molecule has 0 fully saturated rings. The number of fused-ring (bicyclic) bond motifs is 2. The molecule has 2 aromatic carbocycles. The number of anilines is 1. The maximum absolute atomic E-state index is 13.6. The summed E-state index contributed by atoms with van der Waals surface area (Å²) in [6.45, 7) is 0. The van der Waals surface area contributed by atoms with Crippen LogP contribution < -0.4 is 5.32 Å². The number of pyridine rings is 3. The Labute approximate surface area is 217 Å². The second-order valence-corrected chi connectivity index (χ2v) is 8.96. The standard InChI is InChI=1S/C30H19ClN4O2/c31-23-8-6-21(7-9-23)29(36)27-18-24(26-17-22(12-16-35(26)27)19-10-14-32-15-11-19)30(37)34-25-5-1-3-20-4-2-13-33-28(20)25/h1-18H,(H,34,37). The van der Waals surface area contributed by atoms with Gasteiger partial charge in [-0.05, 0) is 77.9 Å². The minimum atomic E-state index is -0.335. The van der Waals surface area contributed by atoms with E-state index in [1.54, 1.807) is 53.3 Å². The van der Waals surface area contributed by atoms with Gasteiger partial charge in [-0.1, -0.05) is 29.8 Å². The molecule has 37 heavy (non-hydrogen) atoms. The van der Waals surface area contributed by atoms with E-state index >= 15 is 0 Å². The van der Waals surface area contributed by atoms with Crippen molar-refractivity contribution >= 4 is 45.4 Å². The molecule has 0 spiro atoms. The molecule has 0 aliphatic carbocycles. The minimum Gasteiger partial charge on any atom is -0.320 e. The van der Waals surface area contributed by atoms with Crippen LogP contribution in [-0.2, 0) is 0 Å². The second-order valence-electron chi connectivity index (χ2n) is 8.52. The fourth-order valence-electron chi connectivity index (χ4n) is 4.42. The SMILES string of the molecule is O=C(Nc1cccc2cccnc12)c1cc(C(=O)c2ccc(Cl)cc2)n2ccc(-c3ccncc3)cc12. The topological polar surface area (TPSA) is 76.4 Å². The van der Waals surface area contributed by atoms with E-state index in [0.717, 1.165) is 16.5 Å². The number of hydrogen-bond donors (Lipinski definition) is 1. The Morgan fingerprint density at radius 3 is 2.41 bits per heavy atom. The van der Waals surface area contributed by atoms with Gasteiger partial charge in [0.25, 0.3) is 5.91 Å². The zero-order chi connectivity index (χ0) is 25.4. The van der Waals surface area contributed by atoms with Crippen molar-refractivity contribution in [1.29, 1.82) is 0 Å². The van der Waals surface area contributed by atoms with Gasteiger partial charge in [-0.25, -0.2) is 0 Å². The normalized spacial score (nSPS) is 11.1. The van der Waals surface area contributed by atoms with Gasteiger partial charge in [-0.2, -0.15) is 0 Å². The van der Waals surface area contributed by atoms with Crippen molar-refractivity contribution in [3.63, 3.8) is 0 Å². The molecule has 0 saturated heterocycles. The smallest absolute Gasteiger partial charge is 0.257 e. The van der Waals surface area contributed by atoms with Gasteiger partial charge in [0, 0.05) is 40.8 Å². The third-order valence-electron chi connectivity index (χ3n) is 6.25. The first kappa shape index (κ1) is 22.6. The number of amides is 1. The van der Waals surface area contributed by atoms with Crippen molar-refractivity contribution in [2.45, 2.75) is 0 Å². The van der Waals surface area contributed by atoms with Gasteiger partial charge in [-0.15, -0.1) is 0 Å². The van der Waals surface area contributed by atoms with E-state index in [1.165, 1.54) is 0 Å². The molecule has 6 rings (SSSR count). The molecule has 4 aromatic heterocycles. The Bertz CT molecular complexity index is 1790. The number of ketones is 1. The van der Waals surface area contributed by atoms with Crippen LogP contribution in [0.1, 0.15) is 26.4 Å². The number of hydrogen-bond acceptors (Lipinski definition) is 4. The fraction of sp³-hybridized carbons (Fsp3) is 0. The van der Waals surface area contributed by atoms with Gasteiger partial charge in [-0.3, -0.25) is 19.6 Å². The summed E-state index contributed by atoms with van der Waals surface area (Å²) in [5.74, 6) is -0.549. The van der Waals surface area contributed by atoms with E-state index in [1.807, 2.05) is 60.8 Å². The third kappa shape index (κ3) is 4.24. The number of aromatic nitrogens is 3. The van der Waals surface area contributed by atoms with Gasteiger partial charge in [0.1, 0.15) is 0 Å². The van der Waals surface area contributed by atoms with E-state index in [-0.39, 0.29) is 11.7 Å². The van der Waals surface area contributed by atoms with E-state index in [4.69, 9.17) is 11.6 Å². The number of carbonyl (C=O) groups excluding carboxylic acids is 2. The summed E-state index contributed by atoms with van der Waals surface area (Å²) < 4.78 is 1.75. The fourth-order valence-corrected chi connectivity index (χ4v) is 4.55. The lowest BCUT2D eigenvalue weighted by molar-refractivity contribution is 0.102. The molecule has 1 amide bonds. The Balaban J connectivity index is 1.48. The first-order valence-electron chi connectivity index (χ1n) is 11.6. The molecule has 178 valence electrons. The molecule has 6 aromatic rings. The highest BCUT2D eigenvalue weighted by Gasteiger charge is 2.22. The molecule has 0 aliphatic heterocycles. The van der Waals surface area contributed by atoms with Crippen LogP contribution >= 0.6 is 11.6 Å². The summed E-state index contributed by atoms with van der Waals surface area (Å²) >= 11 is 6.02. The highest BCUT2D eigenvalue weighted by molar-refractivity contribution is 6.30. The summed E-state index contributed by atoms with van der Waals surface area (Å²) in [6, 6.07) is 25.4. The lowest BCUT2D eigenvalue weighted by Crippen LogP contribution is -2.12. The molecule has 0 radical (unpaired) electrons. The second kappa shape index (κ2) is 9.33. The largest absolute Gasteiger partial charge is 0.320 e. The first-order chi connectivity index (χ1) is 18.1. The number of benzene rings is 2. The first-order valence-corrected chi connectivity index (χ1v) is 12.0. The number of nitrogens with zero attached hydrogens (tertiary/aromatic N) is 3. The predicted molar refractivity (Wildman–Crippen MR) is 145 cm³/mol. The van der Waals surface area contributed by atoms with Crippen molar-refractivity contribution < 1.29 is 9.59 Å². The van der Waals surface area contributed by atoms with Crippen LogP contribution in [0.3, 0.4) is 0 Å². The molecule has 0 bridgehead atoms. The maximum atomic E-state index is 13.6. The summed E-state index contributed by atoms with van der Waals surface area (Å²) in [6.07, 6.45) is 6.93. The van der Waals surface area contributed by atoms with Crippen molar-refractivity contribution in [2.75, 3.05) is 5.32 Å². The summed E-state index contributed by atoms with van der Waals surface area (Å²) in [7, 11) is 0. The van der Waals surface area contributed by atoms with E-state index < -0.39 is 0 Å². The van der Waals surface area contributed by atoms with E-state index in [0.29, 0.717) is 38.6 Å². The molecule has 0 saturated carbocycles. The zero-order valence-electron chi connectivity index (χ0n) is 19.4. The third-order valence-corrected chi connectivity index (χ3v) is 6.50. The number of rotatable bonds is 5. The van der Waals surface area contributed by atoms with E-state index in [2.05, 4.69) is 15.3 Å². The van der Waals surface area contributed by atoms with Crippen LogP contribution in [0.2, 0.25) is 5.02 Å². The maximum Gasteiger partial charge on any atom is 0.257 e. The van der Waals surface area contributed by atoms with E-state index in [9.17, 15) is 9.59 Å². The van der Waals surface area contributed by atoms with Crippen molar-refractivity contribution in [3.05, 3.63) is 132 Å². The molecule has 1 N–H and O–H groups in total. The lowest BCUT2D eigenvalue weighted by atomic mass is 10.1. The summed E-state index contributed by atoms with van der Waals surface area (Å²) in [5.41, 5.74) is 4.98. The van der Waals surface area contributed by atoms with Crippen molar-refractivity contribution in [3.8, 4) is 11.1 Å². The number of nitrogens with one attached hydrogen (secondary N) is 1. The Kier molecular flexibility index (Phi) is 5.71. The molecule has 0 unspecified atom stereocenters.